The number of rotatable bonds is 3. The summed E-state index contributed by atoms with van der Waals surface area (Å²) in [5.41, 5.74) is 7.32. The molecule has 0 fully saturated rings. The Morgan fingerprint density at radius 3 is 1.93 bits per heavy atom. The lowest BCUT2D eigenvalue weighted by Gasteiger charge is -2.27. The van der Waals surface area contributed by atoms with E-state index in [0.717, 1.165) is 17.3 Å². The molecule has 80 valence electrons. The second kappa shape index (κ2) is 5.74. The van der Waals surface area contributed by atoms with Crippen LogP contribution in [0.25, 0.3) is 0 Å². The number of hydrogen-bond donors (Lipinski definition) is 1. The van der Waals surface area contributed by atoms with E-state index in [1.54, 1.807) is 0 Å². The van der Waals surface area contributed by atoms with Crippen LogP contribution >= 0.6 is 28.3 Å². The Hall–Kier alpha value is -0.0500. The zero-order valence-corrected chi connectivity index (χ0v) is 11.0. The van der Waals surface area contributed by atoms with Crippen molar-refractivity contribution in [1.29, 1.82) is 0 Å². The third-order valence-electron chi connectivity index (χ3n) is 2.68. The smallest absolute Gasteiger partial charge is 0.0404 e. The third-order valence-corrected chi connectivity index (χ3v) is 3.21. The Morgan fingerprint density at radius 2 is 1.57 bits per heavy atom. The Kier molecular flexibility index (Phi) is 5.72. The van der Waals surface area contributed by atoms with Gasteiger partial charge in [-0.2, -0.15) is 0 Å². The minimum absolute atomic E-state index is 0. The maximum absolute atomic E-state index is 6.25. The zero-order valence-electron chi connectivity index (χ0n) is 8.59. The lowest BCUT2D eigenvalue weighted by molar-refractivity contribution is 0.413. The molecular weight excluding hydrogens is 261 g/mol. The fraction of sp³-hybridized carbons (Fsp3) is 0.455. The molecule has 0 aliphatic carbocycles. The van der Waals surface area contributed by atoms with Crippen LogP contribution in [0.1, 0.15) is 32.3 Å². The van der Waals surface area contributed by atoms with Crippen molar-refractivity contribution in [3.63, 3.8) is 0 Å². The van der Waals surface area contributed by atoms with Crippen molar-refractivity contribution in [3.05, 3.63) is 34.3 Å². The zero-order chi connectivity index (χ0) is 9.90. The van der Waals surface area contributed by atoms with E-state index < -0.39 is 0 Å². The second-order valence-corrected chi connectivity index (χ2v) is 4.29. The first kappa shape index (κ1) is 13.9. The van der Waals surface area contributed by atoms with Crippen LogP contribution in [0.15, 0.2) is 28.7 Å². The van der Waals surface area contributed by atoms with Gasteiger partial charge < -0.3 is 5.73 Å². The van der Waals surface area contributed by atoms with Gasteiger partial charge >= 0.3 is 0 Å². The Labute approximate surface area is 101 Å². The monoisotopic (exact) mass is 277 g/mol. The van der Waals surface area contributed by atoms with E-state index >= 15 is 0 Å². The van der Waals surface area contributed by atoms with Crippen LogP contribution in [0.4, 0.5) is 0 Å². The number of hydrogen-bond acceptors (Lipinski definition) is 1. The molecule has 1 rings (SSSR count). The van der Waals surface area contributed by atoms with Gasteiger partial charge in [0.2, 0.25) is 0 Å². The highest BCUT2D eigenvalue weighted by atomic mass is 79.9. The standard InChI is InChI=1S/C11H16BrN.ClH/c1-3-11(13,4-2)9-5-7-10(12)8-6-9;/h5-8H,3-4,13H2,1-2H3;1H. The highest BCUT2D eigenvalue weighted by Crippen LogP contribution is 2.26. The van der Waals surface area contributed by atoms with Gasteiger partial charge in [0.05, 0.1) is 0 Å². The first-order chi connectivity index (χ1) is 6.12. The molecule has 1 nitrogen and oxygen atoms in total. The molecule has 0 aliphatic rings. The summed E-state index contributed by atoms with van der Waals surface area (Å²) in [6.45, 7) is 4.26. The summed E-state index contributed by atoms with van der Waals surface area (Å²) in [7, 11) is 0. The molecule has 14 heavy (non-hydrogen) atoms. The molecule has 0 radical (unpaired) electrons. The molecule has 0 aromatic heterocycles. The topological polar surface area (TPSA) is 26.0 Å². The maximum atomic E-state index is 6.25. The lowest BCUT2D eigenvalue weighted by atomic mass is 9.86. The van der Waals surface area contributed by atoms with E-state index in [2.05, 4.69) is 41.9 Å². The number of benzene rings is 1. The summed E-state index contributed by atoms with van der Waals surface area (Å²) in [6.07, 6.45) is 1.95. The SMILES string of the molecule is CCC(N)(CC)c1ccc(Br)cc1.Cl. The Balaban J connectivity index is 0.00000169. The summed E-state index contributed by atoms with van der Waals surface area (Å²) in [5, 5.41) is 0. The van der Waals surface area contributed by atoms with Gasteiger partial charge in [-0.05, 0) is 30.5 Å². The first-order valence-corrected chi connectivity index (χ1v) is 5.46. The quantitative estimate of drug-likeness (QED) is 0.893. The average Bonchev–Trinajstić information content (AvgIpc) is 2.18. The van der Waals surface area contributed by atoms with E-state index in [9.17, 15) is 0 Å². The Bertz CT molecular complexity index is 267. The van der Waals surface area contributed by atoms with Gasteiger partial charge in [-0.15, -0.1) is 12.4 Å². The van der Waals surface area contributed by atoms with E-state index in [4.69, 9.17) is 5.73 Å². The minimum Gasteiger partial charge on any atom is -0.321 e. The van der Waals surface area contributed by atoms with Crippen LogP contribution in [-0.4, -0.2) is 0 Å². The summed E-state index contributed by atoms with van der Waals surface area (Å²) in [5.74, 6) is 0. The predicted octanol–water partition coefficient (Wildman–Crippen LogP) is 3.84. The molecule has 1 aromatic carbocycles. The molecule has 0 saturated carbocycles. The lowest BCUT2D eigenvalue weighted by Crippen LogP contribution is -2.34. The number of nitrogens with two attached hydrogens (primary N) is 1. The maximum Gasteiger partial charge on any atom is 0.0404 e. The summed E-state index contributed by atoms with van der Waals surface area (Å²) >= 11 is 3.42. The molecule has 0 saturated heterocycles. The van der Waals surface area contributed by atoms with Gasteiger partial charge in [-0.1, -0.05) is 41.9 Å². The molecule has 0 atom stereocenters. The van der Waals surface area contributed by atoms with Gasteiger partial charge in [0.25, 0.3) is 0 Å². The van der Waals surface area contributed by atoms with Gasteiger partial charge in [-0.3, -0.25) is 0 Å². The fourth-order valence-corrected chi connectivity index (χ4v) is 1.70. The molecule has 0 spiro atoms. The van der Waals surface area contributed by atoms with Gasteiger partial charge in [0, 0.05) is 10.0 Å². The molecular formula is C11H17BrClN. The van der Waals surface area contributed by atoms with Crippen molar-refractivity contribution >= 4 is 28.3 Å². The van der Waals surface area contributed by atoms with Crippen LogP contribution in [0.3, 0.4) is 0 Å². The summed E-state index contributed by atoms with van der Waals surface area (Å²) < 4.78 is 1.10. The van der Waals surface area contributed by atoms with Crippen molar-refractivity contribution in [1.82, 2.24) is 0 Å². The molecule has 2 N–H and O–H groups in total. The number of halogens is 2. The molecule has 0 aliphatic heterocycles. The summed E-state index contributed by atoms with van der Waals surface area (Å²) in [4.78, 5) is 0. The molecule has 0 bridgehead atoms. The van der Waals surface area contributed by atoms with Gasteiger partial charge in [0.15, 0.2) is 0 Å². The van der Waals surface area contributed by atoms with Crippen LogP contribution in [-0.2, 0) is 5.54 Å². The average molecular weight is 279 g/mol. The van der Waals surface area contributed by atoms with Crippen molar-refractivity contribution in [2.45, 2.75) is 32.2 Å². The fourth-order valence-electron chi connectivity index (χ4n) is 1.44. The largest absolute Gasteiger partial charge is 0.321 e. The van der Waals surface area contributed by atoms with Crippen LogP contribution in [0.5, 0.6) is 0 Å². The molecule has 0 heterocycles. The minimum atomic E-state index is -0.152. The van der Waals surface area contributed by atoms with Crippen LogP contribution < -0.4 is 5.73 Å². The second-order valence-electron chi connectivity index (χ2n) is 3.37. The molecule has 1 aromatic rings. The molecule has 3 heteroatoms. The van der Waals surface area contributed by atoms with Crippen LogP contribution in [0, 0.1) is 0 Å². The van der Waals surface area contributed by atoms with E-state index in [0.29, 0.717) is 0 Å². The van der Waals surface area contributed by atoms with Crippen molar-refractivity contribution in [2.24, 2.45) is 5.73 Å². The van der Waals surface area contributed by atoms with E-state index in [-0.39, 0.29) is 17.9 Å². The van der Waals surface area contributed by atoms with Crippen LogP contribution in [0.2, 0.25) is 0 Å². The molecule has 0 unspecified atom stereocenters. The van der Waals surface area contributed by atoms with Gasteiger partial charge in [-0.25, -0.2) is 0 Å². The third kappa shape index (κ3) is 2.97. The van der Waals surface area contributed by atoms with E-state index in [1.165, 1.54) is 5.56 Å². The Morgan fingerprint density at radius 1 is 1.14 bits per heavy atom. The van der Waals surface area contributed by atoms with Gasteiger partial charge in [0.1, 0.15) is 0 Å². The van der Waals surface area contributed by atoms with Crippen molar-refractivity contribution in [2.75, 3.05) is 0 Å². The normalized spacial score (nSPS) is 10.9. The van der Waals surface area contributed by atoms with E-state index in [1.807, 2.05) is 12.1 Å². The predicted molar refractivity (Wildman–Crippen MR) is 67.8 cm³/mol. The first-order valence-electron chi connectivity index (χ1n) is 4.67. The highest BCUT2D eigenvalue weighted by Gasteiger charge is 2.21. The summed E-state index contributed by atoms with van der Waals surface area (Å²) in [6, 6.07) is 8.28. The molecule has 0 amide bonds. The highest BCUT2D eigenvalue weighted by molar-refractivity contribution is 9.10. The van der Waals surface area contributed by atoms with Crippen molar-refractivity contribution < 1.29 is 0 Å². The van der Waals surface area contributed by atoms with Crippen molar-refractivity contribution in [3.8, 4) is 0 Å².